The molecule has 0 spiro atoms. The fourth-order valence-corrected chi connectivity index (χ4v) is 2.88. The topological polar surface area (TPSA) is 57.6 Å². The molecule has 0 bridgehead atoms. The van der Waals surface area contributed by atoms with Crippen molar-refractivity contribution in [1.82, 2.24) is 5.06 Å². The first kappa shape index (κ1) is 15.3. The van der Waals surface area contributed by atoms with Crippen LogP contribution in [-0.4, -0.2) is 22.1 Å². The summed E-state index contributed by atoms with van der Waals surface area (Å²) in [6.07, 6.45) is 2.09. The SMILES string of the molecule is CCCC(C)C#Cc1cc2c3c(cccc3c1)C(=O)N(O)C2=O. The number of carbonyl (C=O) groups excluding carboxylic acids is 2. The van der Waals surface area contributed by atoms with E-state index >= 15 is 0 Å². The first-order valence-corrected chi connectivity index (χ1v) is 7.69. The summed E-state index contributed by atoms with van der Waals surface area (Å²) >= 11 is 0. The van der Waals surface area contributed by atoms with Gasteiger partial charge in [0.1, 0.15) is 0 Å². The minimum absolute atomic E-state index is 0.175. The average molecular weight is 307 g/mol. The number of nitrogens with zero attached hydrogens (tertiary/aromatic N) is 1. The van der Waals surface area contributed by atoms with Crippen LogP contribution in [0.4, 0.5) is 0 Å². The van der Waals surface area contributed by atoms with Crippen LogP contribution < -0.4 is 0 Å². The summed E-state index contributed by atoms with van der Waals surface area (Å²) in [6.45, 7) is 4.18. The lowest BCUT2D eigenvalue weighted by Gasteiger charge is -2.22. The second kappa shape index (κ2) is 5.86. The van der Waals surface area contributed by atoms with Crippen LogP contribution in [0.15, 0.2) is 30.3 Å². The highest BCUT2D eigenvalue weighted by molar-refractivity contribution is 6.24. The van der Waals surface area contributed by atoms with Gasteiger partial charge in [0.05, 0.1) is 11.1 Å². The Hall–Kier alpha value is -2.64. The maximum atomic E-state index is 12.2. The van der Waals surface area contributed by atoms with Gasteiger partial charge in [-0.2, -0.15) is 0 Å². The molecule has 3 rings (SSSR count). The van der Waals surface area contributed by atoms with Gasteiger partial charge in [-0.25, -0.2) is 0 Å². The molecular formula is C19H17NO3. The van der Waals surface area contributed by atoms with Crippen molar-refractivity contribution < 1.29 is 14.8 Å². The lowest BCUT2D eigenvalue weighted by Crippen LogP contribution is -2.37. The number of hydrogen-bond acceptors (Lipinski definition) is 3. The Kier molecular flexibility index (Phi) is 3.89. The third-order valence-corrected chi connectivity index (χ3v) is 4.01. The Morgan fingerprint density at radius 1 is 1.17 bits per heavy atom. The summed E-state index contributed by atoms with van der Waals surface area (Å²) in [4.78, 5) is 24.2. The van der Waals surface area contributed by atoms with E-state index in [9.17, 15) is 14.8 Å². The first-order valence-electron chi connectivity index (χ1n) is 7.69. The number of rotatable bonds is 2. The first-order chi connectivity index (χ1) is 11.0. The molecule has 116 valence electrons. The van der Waals surface area contributed by atoms with Crippen LogP contribution in [0.25, 0.3) is 10.8 Å². The van der Waals surface area contributed by atoms with E-state index in [0.717, 1.165) is 18.2 Å². The summed E-state index contributed by atoms with van der Waals surface area (Å²) in [5.74, 6) is 5.16. The van der Waals surface area contributed by atoms with Crippen molar-refractivity contribution in [3.8, 4) is 11.8 Å². The van der Waals surface area contributed by atoms with E-state index in [0.29, 0.717) is 22.1 Å². The zero-order valence-corrected chi connectivity index (χ0v) is 13.1. The summed E-state index contributed by atoms with van der Waals surface area (Å²) in [5.41, 5.74) is 1.36. The van der Waals surface area contributed by atoms with E-state index in [1.54, 1.807) is 18.2 Å². The van der Waals surface area contributed by atoms with E-state index in [1.165, 1.54) is 0 Å². The summed E-state index contributed by atoms with van der Waals surface area (Å²) < 4.78 is 0. The van der Waals surface area contributed by atoms with Gasteiger partial charge in [-0.05, 0) is 30.0 Å². The van der Waals surface area contributed by atoms with Crippen LogP contribution in [0.3, 0.4) is 0 Å². The van der Waals surface area contributed by atoms with Crippen LogP contribution >= 0.6 is 0 Å². The van der Waals surface area contributed by atoms with Crippen LogP contribution in [0.5, 0.6) is 0 Å². The van der Waals surface area contributed by atoms with E-state index in [2.05, 4.69) is 25.7 Å². The number of hydrogen-bond donors (Lipinski definition) is 1. The van der Waals surface area contributed by atoms with Gasteiger partial charge in [0.25, 0.3) is 11.8 Å². The number of amides is 2. The highest BCUT2D eigenvalue weighted by Crippen LogP contribution is 2.30. The quantitative estimate of drug-likeness (QED) is 0.524. The monoisotopic (exact) mass is 307 g/mol. The van der Waals surface area contributed by atoms with Gasteiger partial charge >= 0.3 is 0 Å². The molecule has 1 N–H and O–H groups in total. The van der Waals surface area contributed by atoms with Gasteiger partial charge < -0.3 is 0 Å². The Morgan fingerprint density at radius 3 is 2.65 bits per heavy atom. The minimum atomic E-state index is -0.705. The normalized spacial score (nSPS) is 14.7. The van der Waals surface area contributed by atoms with Gasteiger partial charge in [-0.15, -0.1) is 5.06 Å². The lowest BCUT2D eigenvalue weighted by molar-refractivity contribution is -0.0377. The fourth-order valence-electron chi connectivity index (χ4n) is 2.88. The molecule has 0 aromatic heterocycles. The van der Waals surface area contributed by atoms with Crippen molar-refractivity contribution in [3.63, 3.8) is 0 Å². The molecular weight excluding hydrogens is 290 g/mol. The third-order valence-electron chi connectivity index (χ3n) is 4.01. The molecule has 4 nitrogen and oxygen atoms in total. The van der Waals surface area contributed by atoms with Gasteiger partial charge in [0.15, 0.2) is 0 Å². The maximum absolute atomic E-state index is 12.2. The Balaban J connectivity index is 2.17. The minimum Gasteiger partial charge on any atom is -0.278 e. The molecule has 1 aliphatic rings. The Bertz CT molecular complexity index is 873. The fraction of sp³-hybridized carbons (Fsp3) is 0.263. The van der Waals surface area contributed by atoms with Crippen molar-refractivity contribution in [2.24, 2.45) is 5.92 Å². The molecule has 1 atom stereocenters. The molecule has 2 aromatic carbocycles. The van der Waals surface area contributed by atoms with Gasteiger partial charge in [-0.3, -0.25) is 14.8 Å². The van der Waals surface area contributed by atoms with Crippen LogP contribution in [0.1, 0.15) is 53.0 Å². The van der Waals surface area contributed by atoms with E-state index in [-0.39, 0.29) is 11.0 Å². The van der Waals surface area contributed by atoms with Crippen molar-refractivity contribution in [3.05, 3.63) is 47.0 Å². The van der Waals surface area contributed by atoms with Gasteiger partial charge in [0, 0.05) is 16.9 Å². The van der Waals surface area contributed by atoms with E-state index in [1.807, 2.05) is 12.1 Å². The maximum Gasteiger partial charge on any atom is 0.285 e. The number of hydroxylamine groups is 2. The predicted molar refractivity (Wildman–Crippen MR) is 87.2 cm³/mol. The molecule has 0 radical (unpaired) electrons. The summed E-state index contributed by atoms with van der Waals surface area (Å²) in [6, 6.07) is 8.71. The van der Waals surface area contributed by atoms with Gasteiger partial charge in [0.2, 0.25) is 0 Å². The molecule has 23 heavy (non-hydrogen) atoms. The molecule has 1 unspecified atom stereocenters. The molecule has 2 aromatic rings. The highest BCUT2D eigenvalue weighted by atomic mass is 16.5. The molecule has 1 aliphatic heterocycles. The van der Waals surface area contributed by atoms with E-state index < -0.39 is 11.8 Å². The molecule has 1 heterocycles. The predicted octanol–water partition coefficient (Wildman–Crippen LogP) is 3.61. The highest BCUT2D eigenvalue weighted by Gasteiger charge is 2.32. The lowest BCUT2D eigenvalue weighted by atomic mass is 9.93. The largest absolute Gasteiger partial charge is 0.285 e. The standard InChI is InChI=1S/C19H17NO3/c1-3-5-12(2)8-9-13-10-14-6-4-7-15-17(14)16(11-13)19(22)20(23)18(15)21/h4,6-7,10-12,23H,3,5H2,1-2H3. The summed E-state index contributed by atoms with van der Waals surface area (Å²) in [5, 5.41) is 11.3. The Morgan fingerprint density at radius 2 is 1.91 bits per heavy atom. The molecule has 0 fully saturated rings. The second-order valence-corrected chi connectivity index (χ2v) is 5.81. The number of imide groups is 1. The molecule has 2 amide bonds. The third kappa shape index (κ3) is 2.60. The number of carbonyl (C=O) groups is 2. The molecule has 0 saturated heterocycles. The summed E-state index contributed by atoms with van der Waals surface area (Å²) in [7, 11) is 0. The van der Waals surface area contributed by atoms with Crippen LogP contribution in [0, 0.1) is 17.8 Å². The molecule has 0 saturated carbocycles. The van der Waals surface area contributed by atoms with Crippen LogP contribution in [-0.2, 0) is 0 Å². The molecule has 4 heteroatoms. The average Bonchev–Trinajstić information content (AvgIpc) is 2.55. The van der Waals surface area contributed by atoms with Crippen molar-refractivity contribution in [1.29, 1.82) is 0 Å². The Labute approximate surface area is 134 Å². The van der Waals surface area contributed by atoms with E-state index in [4.69, 9.17) is 0 Å². The van der Waals surface area contributed by atoms with Crippen LogP contribution in [0.2, 0.25) is 0 Å². The zero-order valence-electron chi connectivity index (χ0n) is 13.1. The zero-order chi connectivity index (χ0) is 16.6. The van der Waals surface area contributed by atoms with Crippen molar-refractivity contribution >= 4 is 22.6 Å². The van der Waals surface area contributed by atoms with Crippen molar-refractivity contribution in [2.75, 3.05) is 0 Å². The van der Waals surface area contributed by atoms with Gasteiger partial charge in [-0.1, -0.05) is 44.2 Å². The molecule has 0 aliphatic carbocycles. The number of benzene rings is 2. The second-order valence-electron chi connectivity index (χ2n) is 5.81. The smallest absolute Gasteiger partial charge is 0.278 e. The van der Waals surface area contributed by atoms with Crippen molar-refractivity contribution in [2.45, 2.75) is 26.7 Å².